The zero-order valence-corrected chi connectivity index (χ0v) is 7.31. The molecule has 0 aliphatic carbocycles. The Labute approximate surface area is 82.2 Å². The van der Waals surface area contributed by atoms with E-state index in [0.29, 0.717) is 11.3 Å². The van der Waals surface area contributed by atoms with Crippen LogP contribution in [0.15, 0.2) is 42.6 Å². The van der Waals surface area contributed by atoms with E-state index in [-0.39, 0.29) is 13.0 Å². The second-order valence-corrected chi connectivity index (χ2v) is 2.88. The summed E-state index contributed by atoms with van der Waals surface area (Å²) in [6.45, 7) is 0. The molecule has 1 N–H and O–H groups in total. The Morgan fingerprint density at radius 2 is 1.86 bits per heavy atom. The monoisotopic (exact) mass is 191 g/mol. The van der Waals surface area contributed by atoms with Gasteiger partial charge < -0.3 is 5.11 Å². The average Bonchev–Trinajstić information content (AvgIpc) is 2.20. The van der Waals surface area contributed by atoms with E-state index in [0.717, 1.165) is 0 Å². The van der Waals surface area contributed by atoms with Gasteiger partial charge >= 0.3 is 0 Å². The molecule has 0 unspecified atom stereocenters. The van der Waals surface area contributed by atoms with Gasteiger partial charge in [0.15, 0.2) is 0 Å². The highest BCUT2D eigenvalue weighted by Crippen LogP contribution is 2.25. The van der Waals surface area contributed by atoms with Crippen LogP contribution in [0.3, 0.4) is 0 Å². The lowest BCUT2D eigenvalue weighted by molar-refractivity contribution is 0.475. The summed E-state index contributed by atoms with van der Waals surface area (Å²) in [6.07, 6.45) is 1.58. The molecule has 0 aliphatic rings. The van der Waals surface area contributed by atoms with Crippen molar-refractivity contribution < 1.29 is 10.9 Å². The highest BCUT2D eigenvalue weighted by Gasteiger charge is 2.03. The topological polar surface area (TPSA) is 33.1 Å². The van der Waals surface area contributed by atoms with E-state index in [9.17, 15) is 9.50 Å². The minimum absolute atomic E-state index is 0. The minimum atomic E-state index is -0.302. The Bertz CT molecular complexity index is 445. The van der Waals surface area contributed by atoms with Crippen molar-refractivity contribution in [1.29, 1.82) is 0 Å². The lowest BCUT2D eigenvalue weighted by Gasteiger charge is -2.02. The van der Waals surface area contributed by atoms with Gasteiger partial charge in [-0.05, 0) is 36.4 Å². The molecule has 72 valence electrons. The number of halogens is 1. The molecule has 0 bridgehead atoms. The molecule has 3 heteroatoms. The maximum Gasteiger partial charge on any atom is 0.141 e. The normalized spacial score (nSPS) is 10.1. The third-order valence-corrected chi connectivity index (χ3v) is 1.90. The van der Waals surface area contributed by atoms with Crippen molar-refractivity contribution in [3.8, 4) is 17.0 Å². The van der Waals surface area contributed by atoms with E-state index in [1.54, 1.807) is 30.5 Å². The molecule has 1 heterocycles. The summed E-state index contributed by atoms with van der Waals surface area (Å²) in [7, 11) is 0. The number of pyridine rings is 1. The molecule has 14 heavy (non-hydrogen) atoms. The van der Waals surface area contributed by atoms with E-state index < -0.39 is 0 Å². The van der Waals surface area contributed by atoms with Gasteiger partial charge in [0, 0.05) is 13.2 Å². The van der Waals surface area contributed by atoms with Crippen LogP contribution in [-0.4, -0.2) is 10.1 Å². The third-order valence-electron chi connectivity index (χ3n) is 1.90. The first-order valence-electron chi connectivity index (χ1n) is 4.17. The maximum absolute atomic E-state index is 12.6. The predicted molar refractivity (Wildman–Crippen MR) is 53.4 cm³/mol. The number of hydrogen-bond donors (Lipinski definition) is 1. The molecule has 0 saturated carbocycles. The van der Waals surface area contributed by atoms with Crippen LogP contribution in [0.1, 0.15) is 1.43 Å². The van der Waals surface area contributed by atoms with Crippen LogP contribution in [0, 0.1) is 5.82 Å². The van der Waals surface area contributed by atoms with Gasteiger partial charge in [-0.15, -0.1) is 0 Å². The summed E-state index contributed by atoms with van der Waals surface area (Å²) in [6, 6.07) is 9.02. The van der Waals surface area contributed by atoms with Crippen molar-refractivity contribution in [2.45, 2.75) is 0 Å². The molecule has 1 aromatic heterocycles. The highest BCUT2D eigenvalue weighted by molar-refractivity contribution is 5.65. The van der Waals surface area contributed by atoms with E-state index in [1.807, 2.05) is 0 Å². The van der Waals surface area contributed by atoms with Crippen molar-refractivity contribution in [1.82, 2.24) is 4.98 Å². The van der Waals surface area contributed by atoms with Crippen molar-refractivity contribution in [3.63, 3.8) is 0 Å². The summed E-state index contributed by atoms with van der Waals surface area (Å²) >= 11 is 0. The Balaban J connectivity index is 0.00000112. The Hall–Kier alpha value is -1.90. The van der Waals surface area contributed by atoms with E-state index in [1.165, 1.54) is 12.1 Å². The SMILES string of the molecule is Oc1cccnc1-c1ccc(F)cc1.[HH]. The lowest BCUT2D eigenvalue weighted by atomic mass is 10.1. The first-order chi connectivity index (χ1) is 6.77. The summed E-state index contributed by atoms with van der Waals surface area (Å²) in [4.78, 5) is 4.01. The maximum atomic E-state index is 12.6. The quantitative estimate of drug-likeness (QED) is 0.751. The summed E-state index contributed by atoms with van der Waals surface area (Å²) in [5.74, 6) is -0.205. The molecule has 0 radical (unpaired) electrons. The van der Waals surface area contributed by atoms with Crippen LogP contribution in [0.5, 0.6) is 5.75 Å². The largest absolute Gasteiger partial charge is 0.506 e. The minimum Gasteiger partial charge on any atom is -0.506 e. The van der Waals surface area contributed by atoms with Gasteiger partial charge in [-0.3, -0.25) is 4.98 Å². The predicted octanol–water partition coefficient (Wildman–Crippen LogP) is 2.84. The third kappa shape index (κ3) is 1.57. The van der Waals surface area contributed by atoms with Gasteiger partial charge in [-0.2, -0.15) is 0 Å². The van der Waals surface area contributed by atoms with Crippen molar-refractivity contribution in [2.75, 3.05) is 0 Å². The molecular formula is C11H10FNO. The van der Waals surface area contributed by atoms with Crippen LogP contribution in [0.25, 0.3) is 11.3 Å². The number of aromatic hydroxyl groups is 1. The first-order valence-corrected chi connectivity index (χ1v) is 4.17. The molecule has 0 aliphatic heterocycles. The van der Waals surface area contributed by atoms with Crippen LogP contribution in [-0.2, 0) is 0 Å². The van der Waals surface area contributed by atoms with Crippen LogP contribution in [0.2, 0.25) is 0 Å². The standard InChI is InChI=1S/C11H8FNO.H2/c12-9-5-3-8(4-6-9)11-10(14)2-1-7-13-11;/h1-7,14H;1H. The summed E-state index contributed by atoms with van der Waals surface area (Å²) < 4.78 is 12.6. The molecule has 0 fully saturated rings. The number of nitrogens with zero attached hydrogens (tertiary/aromatic N) is 1. The lowest BCUT2D eigenvalue weighted by Crippen LogP contribution is -1.83. The van der Waals surface area contributed by atoms with Gasteiger partial charge in [0.25, 0.3) is 0 Å². The fraction of sp³-hybridized carbons (Fsp3) is 0. The molecule has 0 amide bonds. The first kappa shape index (κ1) is 8.69. The number of rotatable bonds is 1. The molecule has 0 saturated heterocycles. The molecule has 0 atom stereocenters. The number of benzene rings is 1. The van der Waals surface area contributed by atoms with E-state index in [2.05, 4.69) is 4.98 Å². The fourth-order valence-electron chi connectivity index (χ4n) is 1.23. The van der Waals surface area contributed by atoms with Crippen LogP contribution >= 0.6 is 0 Å². The van der Waals surface area contributed by atoms with Gasteiger partial charge in [0.05, 0.1) is 0 Å². The summed E-state index contributed by atoms with van der Waals surface area (Å²) in [5.41, 5.74) is 1.16. The smallest absolute Gasteiger partial charge is 0.141 e. The Kier molecular flexibility index (Phi) is 2.14. The molecular weight excluding hydrogens is 181 g/mol. The van der Waals surface area contributed by atoms with E-state index in [4.69, 9.17) is 0 Å². The highest BCUT2D eigenvalue weighted by atomic mass is 19.1. The van der Waals surface area contributed by atoms with Crippen LogP contribution in [0.4, 0.5) is 4.39 Å². The molecule has 2 rings (SSSR count). The molecule has 1 aromatic carbocycles. The fourth-order valence-corrected chi connectivity index (χ4v) is 1.23. The second-order valence-electron chi connectivity index (χ2n) is 2.88. The second kappa shape index (κ2) is 3.46. The Morgan fingerprint density at radius 1 is 1.14 bits per heavy atom. The van der Waals surface area contributed by atoms with Gasteiger partial charge in [-0.1, -0.05) is 0 Å². The van der Waals surface area contributed by atoms with Crippen molar-refractivity contribution in [3.05, 3.63) is 48.4 Å². The van der Waals surface area contributed by atoms with Gasteiger partial charge in [0.2, 0.25) is 0 Å². The summed E-state index contributed by atoms with van der Waals surface area (Å²) in [5, 5.41) is 9.48. The van der Waals surface area contributed by atoms with Gasteiger partial charge in [0.1, 0.15) is 17.3 Å². The van der Waals surface area contributed by atoms with E-state index >= 15 is 0 Å². The molecule has 2 nitrogen and oxygen atoms in total. The Morgan fingerprint density at radius 3 is 2.50 bits per heavy atom. The average molecular weight is 191 g/mol. The molecule has 2 aromatic rings. The van der Waals surface area contributed by atoms with Gasteiger partial charge in [-0.25, -0.2) is 4.39 Å². The van der Waals surface area contributed by atoms with Crippen molar-refractivity contribution in [2.24, 2.45) is 0 Å². The van der Waals surface area contributed by atoms with Crippen molar-refractivity contribution >= 4 is 0 Å². The molecule has 0 spiro atoms. The number of hydrogen-bond acceptors (Lipinski definition) is 2. The van der Waals surface area contributed by atoms with Crippen LogP contribution < -0.4 is 0 Å². The zero-order chi connectivity index (χ0) is 9.97. The zero-order valence-electron chi connectivity index (χ0n) is 7.31. The number of aromatic nitrogens is 1.